The van der Waals surface area contributed by atoms with E-state index in [4.69, 9.17) is 0 Å². The third kappa shape index (κ3) is 2.28. The van der Waals surface area contributed by atoms with Crippen LogP contribution >= 0.6 is 22.6 Å². The third-order valence-electron chi connectivity index (χ3n) is 2.65. The monoisotopic (exact) mass is 347 g/mol. The van der Waals surface area contributed by atoms with E-state index in [9.17, 15) is 0 Å². The second-order valence-electron chi connectivity index (χ2n) is 3.90. The smallest absolute Gasteiger partial charge is 0.137 e. The zero-order valence-corrected chi connectivity index (χ0v) is 11.6. The number of aromatic nitrogens is 3. The Balaban J connectivity index is 2.00. The van der Waals surface area contributed by atoms with Crippen LogP contribution in [0.15, 0.2) is 55.0 Å². The predicted molar refractivity (Wildman–Crippen MR) is 80.0 cm³/mol. The standard InChI is InChI=1S/C14H10IN3/c15-12-5-1-3-10(7-12)14-17-9-13(18-14)11-4-2-6-16-8-11/h1-9H,(H,17,18). The van der Waals surface area contributed by atoms with Gasteiger partial charge in [-0.3, -0.25) is 4.98 Å². The van der Waals surface area contributed by atoms with E-state index in [1.165, 1.54) is 3.57 Å². The number of nitrogens with zero attached hydrogens (tertiary/aromatic N) is 2. The number of pyridine rings is 1. The van der Waals surface area contributed by atoms with Crippen LogP contribution in [0.2, 0.25) is 0 Å². The van der Waals surface area contributed by atoms with E-state index in [2.05, 4.69) is 49.7 Å². The van der Waals surface area contributed by atoms with E-state index >= 15 is 0 Å². The lowest BCUT2D eigenvalue weighted by molar-refractivity contribution is 1.29. The van der Waals surface area contributed by atoms with Crippen molar-refractivity contribution in [2.45, 2.75) is 0 Å². The normalized spacial score (nSPS) is 10.5. The molecule has 2 aromatic heterocycles. The van der Waals surface area contributed by atoms with Gasteiger partial charge in [0.25, 0.3) is 0 Å². The summed E-state index contributed by atoms with van der Waals surface area (Å²) in [5, 5.41) is 0. The Morgan fingerprint density at radius 2 is 1.89 bits per heavy atom. The molecule has 18 heavy (non-hydrogen) atoms. The van der Waals surface area contributed by atoms with Crippen molar-refractivity contribution in [2.75, 3.05) is 0 Å². The van der Waals surface area contributed by atoms with Gasteiger partial charge < -0.3 is 4.98 Å². The van der Waals surface area contributed by atoms with E-state index in [0.717, 1.165) is 22.6 Å². The van der Waals surface area contributed by atoms with Gasteiger partial charge in [-0.25, -0.2) is 4.98 Å². The van der Waals surface area contributed by atoms with E-state index in [-0.39, 0.29) is 0 Å². The minimum atomic E-state index is 0.882. The van der Waals surface area contributed by atoms with E-state index in [0.29, 0.717) is 0 Å². The van der Waals surface area contributed by atoms with Gasteiger partial charge in [-0.15, -0.1) is 0 Å². The molecule has 3 rings (SSSR count). The highest BCUT2D eigenvalue weighted by Gasteiger charge is 2.05. The molecule has 3 aromatic rings. The van der Waals surface area contributed by atoms with Crippen LogP contribution in [0.25, 0.3) is 22.6 Å². The van der Waals surface area contributed by atoms with Crippen LogP contribution in [-0.2, 0) is 0 Å². The van der Waals surface area contributed by atoms with Crippen LogP contribution in [0.5, 0.6) is 0 Å². The molecule has 0 aliphatic rings. The minimum Gasteiger partial charge on any atom is -0.338 e. The number of hydrogen-bond acceptors (Lipinski definition) is 2. The second kappa shape index (κ2) is 4.89. The zero-order chi connectivity index (χ0) is 12.4. The molecule has 1 aromatic carbocycles. The van der Waals surface area contributed by atoms with Crippen LogP contribution in [0.4, 0.5) is 0 Å². The van der Waals surface area contributed by atoms with Crippen molar-refractivity contribution < 1.29 is 0 Å². The predicted octanol–water partition coefficient (Wildman–Crippen LogP) is 3.74. The average Bonchev–Trinajstić information content (AvgIpc) is 2.89. The molecular weight excluding hydrogens is 337 g/mol. The minimum absolute atomic E-state index is 0.882. The fourth-order valence-electron chi connectivity index (χ4n) is 1.77. The molecule has 2 heterocycles. The largest absolute Gasteiger partial charge is 0.338 e. The Labute approximate surface area is 118 Å². The Bertz CT molecular complexity index is 662. The van der Waals surface area contributed by atoms with Crippen molar-refractivity contribution in [2.24, 2.45) is 0 Å². The van der Waals surface area contributed by atoms with Crippen LogP contribution < -0.4 is 0 Å². The molecule has 0 aliphatic carbocycles. The molecule has 88 valence electrons. The first-order chi connectivity index (χ1) is 8.83. The van der Waals surface area contributed by atoms with Gasteiger partial charge in [0.15, 0.2) is 0 Å². The Morgan fingerprint density at radius 1 is 1.00 bits per heavy atom. The summed E-state index contributed by atoms with van der Waals surface area (Å²) in [7, 11) is 0. The Morgan fingerprint density at radius 3 is 2.67 bits per heavy atom. The van der Waals surface area contributed by atoms with Gasteiger partial charge in [0.05, 0.1) is 11.9 Å². The highest BCUT2D eigenvalue weighted by molar-refractivity contribution is 14.1. The van der Waals surface area contributed by atoms with Gasteiger partial charge in [-0.1, -0.05) is 12.1 Å². The molecule has 1 N–H and O–H groups in total. The number of rotatable bonds is 2. The topological polar surface area (TPSA) is 41.6 Å². The lowest BCUT2D eigenvalue weighted by Crippen LogP contribution is -1.82. The SMILES string of the molecule is Ic1cccc(-c2ncc(-c3cccnc3)[nH]2)c1. The summed E-state index contributed by atoms with van der Waals surface area (Å²) in [6.45, 7) is 0. The van der Waals surface area contributed by atoms with Crippen molar-refractivity contribution in [3.63, 3.8) is 0 Å². The number of halogens is 1. The number of aromatic amines is 1. The fourth-order valence-corrected chi connectivity index (χ4v) is 2.32. The van der Waals surface area contributed by atoms with Gasteiger partial charge in [0.1, 0.15) is 5.82 Å². The van der Waals surface area contributed by atoms with Crippen molar-refractivity contribution in [3.05, 3.63) is 58.6 Å². The molecule has 0 aliphatic heterocycles. The van der Waals surface area contributed by atoms with Gasteiger partial charge in [-0.2, -0.15) is 0 Å². The summed E-state index contributed by atoms with van der Waals surface area (Å²) in [6, 6.07) is 12.2. The molecule has 0 spiro atoms. The summed E-state index contributed by atoms with van der Waals surface area (Å²) in [4.78, 5) is 11.8. The zero-order valence-electron chi connectivity index (χ0n) is 9.47. The molecule has 4 heteroatoms. The van der Waals surface area contributed by atoms with Gasteiger partial charge in [0.2, 0.25) is 0 Å². The lowest BCUT2D eigenvalue weighted by Gasteiger charge is -1.98. The molecular formula is C14H10IN3. The highest BCUT2D eigenvalue weighted by Crippen LogP contribution is 2.22. The number of hydrogen-bond donors (Lipinski definition) is 1. The maximum atomic E-state index is 4.42. The maximum Gasteiger partial charge on any atom is 0.137 e. The van der Waals surface area contributed by atoms with Crippen molar-refractivity contribution >= 4 is 22.6 Å². The molecule has 0 amide bonds. The van der Waals surface area contributed by atoms with E-state index in [1.807, 2.05) is 36.7 Å². The number of H-pyrrole nitrogens is 1. The first-order valence-electron chi connectivity index (χ1n) is 5.54. The molecule has 0 atom stereocenters. The van der Waals surface area contributed by atoms with Crippen molar-refractivity contribution in [3.8, 4) is 22.6 Å². The molecule has 0 radical (unpaired) electrons. The molecule has 0 unspecified atom stereocenters. The third-order valence-corrected chi connectivity index (χ3v) is 3.32. The van der Waals surface area contributed by atoms with Crippen LogP contribution in [0, 0.1) is 3.57 Å². The quantitative estimate of drug-likeness (QED) is 0.718. The summed E-state index contributed by atoms with van der Waals surface area (Å²) < 4.78 is 1.20. The summed E-state index contributed by atoms with van der Waals surface area (Å²) in [6.07, 6.45) is 5.43. The van der Waals surface area contributed by atoms with Crippen LogP contribution in [0.3, 0.4) is 0 Å². The number of imidazole rings is 1. The summed E-state index contributed by atoms with van der Waals surface area (Å²) >= 11 is 2.30. The first kappa shape index (κ1) is 11.4. The average molecular weight is 347 g/mol. The van der Waals surface area contributed by atoms with Crippen LogP contribution in [0.1, 0.15) is 0 Å². The summed E-state index contributed by atoms with van der Waals surface area (Å²) in [5.74, 6) is 0.882. The van der Waals surface area contributed by atoms with Crippen LogP contribution in [-0.4, -0.2) is 15.0 Å². The summed E-state index contributed by atoms with van der Waals surface area (Å²) in [5.41, 5.74) is 3.12. The van der Waals surface area contributed by atoms with Crippen molar-refractivity contribution in [1.29, 1.82) is 0 Å². The van der Waals surface area contributed by atoms with E-state index in [1.54, 1.807) is 6.20 Å². The van der Waals surface area contributed by atoms with E-state index < -0.39 is 0 Å². The molecule has 0 bridgehead atoms. The molecule has 0 saturated carbocycles. The maximum absolute atomic E-state index is 4.42. The number of nitrogens with one attached hydrogen (secondary N) is 1. The Kier molecular flexibility index (Phi) is 3.10. The van der Waals surface area contributed by atoms with Gasteiger partial charge in [0, 0.05) is 27.1 Å². The molecule has 0 fully saturated rings. The Hall–Kier alpha value is -1.69. The highest BCUT2D eigenvalue weighted by atomic mass is 127. The lowest BCUT2D eigenvalue weighted by atomic mass is 10.2. The second-order valence-corrected chi connectivity index (χ2v) is 5.14. The van der Waals surface area contributed by atoms with Gasteiger partial charge in [-0.05, 0) is 46.9 Å². The molecule has 3 nitrogen and oxygen atoms in total. The number of benzene rings is 1. The molecule has 0 saturated heterocycles. The first-order valence-corrected chi connectivity index (χ1v) is 6.62. The van der Waals surface area contributed by atoms with Gasteiger partial charge >= 0.3 is 0 Å². The fraction of sp³-hybridized carbons (Fsp3) is 0. The van der Waals surface area contributed by atoms with Crippen molar-refractivity contribution in [1.82, 2.24) is 15.0 Å².